The van der Waals surface area contributed by atoms with Crippen molar-refractivity contribution in [2.45, 2.75) is 30.5 Å². The summed E-state index contributed by atoms with van der Waals surface area (Å²) >= 11 is 0. The Morgan fingerprint density at radius 2 is 1.64 bits per heavy atom. The average molecular weight is 563 g/mol. The van der Waals surface area contributed by atoms with Gasteiger partial charge in [0, 0.05) is 18.2 Å². The quantitative estimate of drug-likeness (QED) is 0.221. The van der Waals surface area contributed by atoms with Gasteiger partial charge < -0.3 is 20.3 Å². The molecule has 4 aromatic rings. The van der Waals surface area contributed by atoms with Gasteiger partial charge in [-0.15, -0.1) is 0 Å². The monoisotopic (exact) mass is 562 g/mol. The van der Waals surface area contributed by atoms with Crippen LogP contribution in [0.25, 0.3) is 0 Å². The highest BCUT2D eigenvalue weighted by Gasteiger charge is 2.30. The van der Waals surface area contributed by atoms with Gasteiger partial charge in [-0.2, -0.15) is 13.2 Å². The molecule has 0 fully saturated rings. The van der Waals surface area contributed by atoms with E-state index in [1.807, 2.05) is 37.4 Å². The zero-order chi connectivity index (χ0) is 28.5. The van der Waals surface area contributed by atoms with E-state index in [9.17, 15) is 21.6 Å². The van der Waals surface area contributed by atoms with Crippen molar-refractivity contribution in [3.8, 4) is 5.75 Å². The van der Waals surface area contributed by atoms with E-state index in [0.29, 0.717) is 17.2 Å². The molecular formula is C27H29F3N4O4S. The molecule has 0 spiro atoms. The molecule has 0 bridgehead atoms. The SMILES string of the molecule is CNCCC(Oc1ccc(C(F)(F)F)cc1)c1ccccc1.Cc1cc(NS(=O)(=O)c2ccc(N)cc2)no1. The Balaban J connectivity index is 0.000000223. The van der Waals surface area contributed by atoms with Crippen LogP contribution in [0.3, 0.4) is 0 Å². The molecule has 0 aliphatic rings. The van der Waals surface area contributed by atoms with Crippen LogP contribution in [0.5, 0.6) is 5.75 Å². The number of nitrogens with zero attached hydrogens (tertiary/aromatic N) is 1. The number of sulfonamides is 1. The predicted octanol–water partition coefficient (Wildman–Crippen LogP) is 5.80. The molecule has 4 N–H and O–H groups in total. The topological polar surface area (TPSA) is 119 Å². The summed E-state index contributed by atoms with van der Waals surface area (Å²) in [4.78, 5) is 0.118. The molecular weight excluding hydrogens is 533 g/mol. The Bertz CT molecular complexity index is 1410. The van der Waals surface area contributed by atoms with Crippen LogP contribution in [0, 0.1) is 6.92 Å². The number of halogens is 3. The smallest absolute Gasteiger partial charge is 0.416 e. The summed E-state index contributed by atoms with van der Waals surface area (Å²) in [5, 5.41) is 6.61. The molecule has 8 nitrogen and oxygen atoms in total. The lowest BCUT2D eigenvalue weighted by Crippen LogP contribution is -2.16. The van der Waals surface area contributed by atoms with Crippen molar-refractivity contribution in [1.29, 1.82) is 0 Å². The average Bonchev–Trinajstić information content (AvgIpc) is 3.31. The fourth-order valence-corrected chi connectivity index (χ4v) is 4.37. The molecule has 1 atom stereocenters. The van der Waals surface area contributed by atoms with Gasteiger partial charge in [-0.3, -0.25) is 4.72 Å². The van der Waals surface area contributed by atoms with E-state index < -0.39 is 21.8 Å². The van der Waals surface area contributed by atoms with Crippen LogP contribution in [0.2, 0.25) is 0 Å². The van der Waals surface area contributed by atoms with Crippen molar-refractivity contribution >= 4 is 21.5 Å². The number of ether oxygens (including phenoxy) is 1. The van der Waals surface area contributed by atoms with E-state index in [-0.39, 0.29) is 16.8 Å². The second-order valence-corrected chi connectivity index (χ2v) is 10.1. The number of anilines is 2. The second kappa shape index (κ2) is 13.2. The van der Waals surface area contributed by atoms with Crippen LogP contribution in [-0.4, -0.2) is 27.2 Å². The summed E-state index contributed by atoms with van der Waals surface area (Å²) in [5.74, 6) is 1.11. The maximum Gasteiger partial charge on any atom is 0.416 e. The predicted molar refractivity (Wildman–Crippen MR) is 143 cm³/mol. The Labute approximate surface area is 225 Å². The number of aromatic nitrogens is 1. The summed E-state index contributed by atoms with van der Waals surface area (Å²) in [6.45, 7) is 2.42. The molecule has 1 unspecified atom stereocenters. The number of nitrogens with two attached hydrogens (primary N) is 1. The largest absolute Gasteiger partial charge is 0.486 e. The molecule has 12 heteroatoms. The van der Waals surface area contributed by atoms with E-state index in [4.69, 9.17) is 15.0 Å². The third-order valence-electron chi connectivity index (χ3n) is 5.35. The molecule has 0 aliphatic carbocycles. The highest BCUT2D eigenvalue weighted by Crippen LogP contribution is 2.31. The first-order chi connectivity index (χ1) is 18.5. The number of nitrogen functional groups attached to an aromatic ring is 1. The minimum Gasteiger partial charge on any atom is -0.486 e. The van der Waals surface area contributed by atoms with Crippen LogP contribution in [-0.2, 0) is 16.2 Å². The first-order valence-corrected chi connectivity index (χ1v) is 13.3. The molecule has 0 amide bonds. The second-order valence-electron chi connectivity index (χ2n) is 8.43. The van der Waals surface area contributed by atoms with E-state index in [0.717, 1.165) is 30.7 Å². The lowest BCUT2D eigenvalue weighted by Gasteiger charge is -2.20. The Kier molecular flexibility index (Phi) is 9.96. The van der Waals surface area contributed by atoms with Crippen molar-refractivity contribution < 1.29 is 30.8 Å². The van der Waals surface area contributed by atoms with Crippen LogP contribution >= 0.6 is 0 Å². The van der Waals surface area contributed by atoms with E-state index in [2.05, 4.69) is 15.2 Å². The standard InChI is InChI=1S/C17H18F3NO.C10H11N3O3S/c1-21-12-11-16(13-5-3-2-4-6-13)22-15-9-7-14(8-10-15)17(18,19)20;1-7-6-10(12-16-7)13-17(14,15)9-4-2-8(11)3-5-9/h2-10,16,21H,11-12H2,1H3;2-6H,11H2,1H3,(H,12,13). The zero-order valence-corrected chi connectivity index (χ0v) is 22.1. The van der Waals surface area contributed by atoms with Gasteiger partial charge in [0.15, 0.2) is 5.82 Å². The first kappa shape index (κ1) is 29.5. The molecule has 1 aromatic heterocycles. The third kappa shape index (κ3) is 9.04. The maximum absolute atomic E-state index is 12.6. The normalized spacial score (nSPS) is 12.2. The van der Waals surface area contributed by atoms with Gasteiger partial charge >= 0.3 is 6.18 Å². The van der Waals surface area contributed by atoms with Crippen LogP contribution in [0.15, 0.2) is 94.3 Å². The Morgan fingerprint density at radius 1 is 1.00 bits per heavy atom. The highest BCUT2D eigenvalue weighted by molar-refractivity contribution is 7.92. The third-order valence-corrected chi connectivity index (χ3v) is 6.72. The van der Waals surface area contributed by atoms with Gasteiger partial charge in [0.1, 0.15) is 17.6 Å². The van der Waals surface area contributed by atoms with Gasteiger partial charge in [-0.25, -0.2) is 8.42 Å². The van der Waals surface area contributed by atoms with Gasteiger partial charge in [0.2, 0.25) is 0 Å². The molecule has 0 radical (unpaired) electrons. The number of rotatable bonds is 9. The Morgan fingerprint density at radius 3 is 2.18 bits per heavy atom. The van der Waals surface area contributed by atoms with Crippen LogP contribution < -0.4 is 20.5 Å². The molecule has 0 saturated heterocycles. The number of hydrogen-bond donors (Lipinski definition) is 3. The Hall–Kier alpha value is -4.03. The lowest BCUT2D eigenvalue weighted by atomic mass is 10.1. The van der Waals surface area contributed by atoms with E-state index in [1.54, 1.807) is 6.92 Å². The van der Waals surface area contributed by atoms with Crippen molar-refractivity contribution in [1.82, 2.24) is 10.5 Å². The molecule has 39 heavy (non-hydrogen) atoms. The molecule has 0 saturated carbocycles. The summed E-state index contributed by atoms with van der Waals surface area (Å²) in [6, 6.07) is 21.8. The van der Waals surface area contributed by atoms with E-state index in [1.165, 1.54) is 42.5 Å². The fraction of sp³-hybridized carbons (Fsp3) is 0.222. The number of aryl methyl sites for hydroxylation is 1. The molecule has 208 valence electrons. The lowest BCUT2D eigenvalue weighted by molar-refractivity contribution is -0.137. The van der Waals surface area contributed by atoms with Crippen LogP contribution in [0.1, 0.15) is 29.4 Å². The van der Waals surface area contributed by atoms with E-state index >= 15 is 0 Å². The van der Waals surface area contributed by atoms with Gasteiger partial charge in [0.25, 0.3) is 10.0 Å². The van der Waals surface area contributed by atoms with Crippen molar-refractivity contribution in [2.24, 2.45) is 0 Å². The van der Waals surface area contributed by atoms with Gasteiger partial charge in [-0.1, -0.05) is 35.5 Å². The summed E-state index contributed by atoms with van der Waals surface area (Å²) in [6.07, 6.45) is -3.81. The molecule has 4 rings (SSSR count). The fourth-order valence-electron chi connectivity index (χ4n) is 3.38. The minimum absolute atomic E-state index is 0.118. The first-order valence-electron chi connectivity index (χ1n) is 11.8. The van der Waals surface area contributed by atoms with Crippen LogP contribution in [0.4, 0.5) is 24.7 Å². The number of alkyl halides is 3. The number of hydrogen-bond acceptors (Lipinski definition) is 7. The number of nitrogens with one attached hydrogen (secondary N) is 2. The van der Waals surface area contributed by atoms with Crippen molar-refractivity contribution in [2.75, 3.05) is 24.0 Å². The number of benzene rings is 3. The highest BCUT2D eigenvalue weighted by atomic mass is 32.2. The summed E-state index contributed by atoms with van der Waals surface area (Å²) < 4.78 is 74.4. The molecule has 0 aliphatic heterocycles. The molecule has 3 aromatic carbocycles. The van der Waals surface area contributed by atoms with Gasteiger partial charge in [-0.05, 0) is 74.6 Å². The maximum atomic E-state index is 12.6. The van der Waals surface area contributed by atoms with Crippen molar-refractivity contribution in [3.05, 3.63) is 102 Å². The summed E-state index contributed by atoms with van der Waals surface area (Å²) in [7, 11) is -1.80. The van der Waals surface area contributed by atoms with Crippen molar-refractivity contribution in [3.63, 3.8) is 0 Å². The minimum atomic E-state index is -4.33. The summed E-state index contributed by atoms with van der Waals surface area (Å²) in [5.41, 5.74) is 6.31. The zero-order valence-electron chi connectivity index (χ0n) is 21.3. The van der Waals surface area contributed by atoms with Gasteiger partial charge in [0.05, 0.1) is 10.5 Å². The molecule has 1 heterocycles.